The molecular formula is C16H24N2O. The van der Waals surface area contributed by atoms with Crippen molar-refractivity contribution in [3.8, 4) is 5.75 Å². The first-order valence-corrected chi connectivity index (χ1v) is 7.41. The van der Waals surface area contributed by atoms with Gasteiger partial charge in [-0.25, -0.2) is 0 Å². The number of hydrogen-bond acceptors (Lipinski definition) is 3. The van der Waals surface area contributed by atoms with Gasteiger partial charge in [0.2, 0.25) is 0 Å². The summed E-state index contributed by atoms with van der Waals surface area (Å²) in [6, 6.07) is 10.2. The van der Waals surface area contributed by atoms with Gasteiger partial charge in [-0.2, -0.15) is 0 Å². The van der Waals surface area contributed by atoms with Gasteiger partial charge in [0.1, 0.15) is 5.75 Å². The number of nitrogens with two attached hydrogens (primary N) is 1. The molecule has 2 saturated heterocycles. The summed E-state index contributed by atoms with van der Waals surface area (Å²) in [6.07, 6.45) is 6.12. The maximum Gasteiger partial charge on any atom is 0.122 e. The van der Waals surface area contributed by atoms with Crippen LogP contribution in [0.1, 0.15) is 31.2 Å². The molecule has 3 heteroatoms. The lowest BCUT2D eigenvalue weighted by atomic mass is 9.97. The van der Waals surface area contributed by atoms with E-state index in [0.717, 1.165) is 30.8 Å². The van der Waals surface area contributed by atoms with E-state index in [4.69, 9.17) is 10.5 Å². The Morgan fingerprint density at radius 3 is 2.58 bits per heavy atom. The van der Waals surface area contributed by atoms with Gasteiger partial charge in [0.15, 0.2) is 0 Å². The van der Waals surface area contributed by atoms with Crippen molar-refractivity contribution < 1.29 is 4.74 Å². The Morgan fingerprint density at radius 2 is 1.89 bits per heavy atom. The van der Waals surface area contributed by atoms with Crippen LogP contribution in [0.4, 0.5) is 0 Å². The molecule has 2 aliphatic rings. The zero-order chi connectivity index (χ0) is 13.2. The second kappa shape index (κ2) is 5.51. The highest BCUT2D eigenvalue weighted by Crippen LogP contribution is 2.35. The lowest BCUT2D eigenvalue weighted by Crippen LogP contribution is -2.48. The fourth-order valence-electron chi connectivity index (χ4n) is 3.84. The molecule has 0 aromatic heterocycles. The Labute approximate surface area is 115 Å². The fourth-order valence-corrected chi connectivity index (χ4v) is 3.84. The number of para-hydroxylation sites is 1. The number of ether oxygens (including phenoxy) is 1. The summed E-state index contributed by atoms with van der Waals surface area (Å²) in [4.78, 5) is 2.69. The van der Waals surface area contributed by atoms with Crippen molar-refractivity contribution in [2.24, 2.45) is 5.73 Å². The molecule has 2 atom stereocenters. The van der Waals surface area contributed by atoms with Crippen LogP contribution in [-0.4, -0.2) is 36.7 Å². The first-order chi connectivity index (χ1) is 9.28. The van der Waals surface area contributed by atoms with E-state index < -0.39 is 0 Å². The van der Waals surface area contributed by atoms with Crippen LogP contribution in [0.25, 0.3) is 0 Å². The molecule has 19 heavy (non-hydrogen) atoms. The highest BCUT2D eigenvalue weighted by Gasteiger charge is 2.38. The summed E-state index contributed by atoms with van der Waals surface area (Å²) in [5.74, 6) is 1.02. The molecule has 104 valence electrons. The number of piperidine rings is 1. The molecule has 0 amide bonds. The predicted molar refractivity (Wildman–Crippen MR) is 77.4 cm³/mol. The molecule has 2 fully saturated rings. The van der Waals surface area contributed by atoms with Crippen LogP contribution in [0.5, 0.6) is 5.75 Å². The van der Waals surface area contributed by atoms with Crippen molar-refractivity contribution in [3.05, 3.63) is 29.8 Å². The Balaban J connectivity index is 1.64. The van der Waals surface area contributed by atoms with E-state index in [-0.39, 0.29) is 0 Å². The molecule has 2 bridgehead atoms. The minimum absolute atomic E-state index is 0.431. The Hall–Kier alpha value is -1.06. The smallest absolute Gasteiger partial charge is 0.122 e. The van der Waals surface area contributed by atoms with Crippen molar-refractivity contribution in [2.45, 2.75) is 50.2 Å². The number of methoxy groups -OCH3 is 1. The molecule has 0 saturated carbocycles. The van der Waals surface area contributed by atoms with Crippen molar-refractivity contribution >= 4 is 0 Å². The zero-order valence-corrected chi connectivity index (χ0v) is 11.7. The molecule has 2 N–H and O–H groups in total. The van der Waals surface area contributed by atoms with Crippen LogP contribution >= 0.6 is 0 Å². The van der Waals surface area contributed by atoms with E-state index in [0.29, 0.717) is 6.04 Å². The van der Waals surface area contributed by atoms with Crippen molar-refractivity contribution in [3.63, 3.8) is 0 Å². The minimum atomic E-state index is 0.431. The summed E-state index contributed by atoms with van der Waals surface area (Å²) in [5, 5.41) is 0. The first kappa shape index (κ1) is 12.9. The van der Waals surface area contributed by atoms with Gasteiger partial charge in [0.05, 0.1) is 7.11 Å². The average Bonchev–Trinajstić information content (AvgIpc) is 2.67. The van der Waals surface area contributed by atoms with Gasteiger partial charge in [-0.3, -0.25) is 4.90 Å². The first-order valence-electron chi connectivity index (χ1n) is 7.41. The summed E-state index contributed by atoms with van der Waals surface area (Å²) >= 11 is 0. The maximum absolute atomic E-state index is 6.12. The number of fused-ring (bicyclic) bond motifs is 2. The zero-order valence-electron chi connectivity index (χ0n) is 11.7. The highest BCUT2D eigenvalue weighted by molar-refractivity contribution is 5.33. The van der Waals surface area contributed by atoms with Crippen molar-refractivity contribution in [2.75, 3.05) is 13.7 Å². The molecule has 0 spiro atoms. The van der Waals surface area contributed by atoms with Crippen LogP contribution in [0.15, 0.2) is 24.3 Å². The normalized spacial score (nSPS) is 30.5. The third-order valence-electron chi connectivity index (χ3n) is 4.75. The van der Waals surface area contributed by atoms with Gasteiger partial charge >= 0.3 is 0 Å². The summed E-state index contributed by atoms with van der Waals surface area (Å²) < 4.78 is 5.43. The standard InChI is InChI=1S/C16H24N2O/c1-19-16-5-3-2-4-12(16)8-9-18-14-6-7-15(18)11-13(17)10-14/h2-5,13-15H,6-11,17H2,1H3. The molecule has 2 aliphatic heterocycles. The van der Waals surface area contributed by atoms with Gasteiger partial charge in [-0.05, 0) is 43.7 Å². The quantitative estimate of drug-likeness (QED) is 0.902. The molecule has 1 aromatic rings. The van der Waals surface area contributed by atoms with Crippen LogP contribution in [0, 0.1) is 0 Å². The van der Waals surface area contributed by atoms with Crippen molar-refractivity contribution in [1.29, 1.82) is 0 Å². The van der Waals surface area contributed by atoms with E-state index in [9.17, 15) is 0 Å². The maximum atomic E-state index is 6.12. The van der Waals surface area contributed by atoms with Gasteiger partial charge in [0.25, 0.3) is 0 Å². The van der Waals surface area contributed by atoms with Crippen LogP contribution in [0.3, 0.4) is 0 Å². The molecule has 2 heterocycles. The number of nitrogens with zero attached hydrogens (tertiary/aromatic N) is 1. The largest absolute Gasteiger partial charge is 0.496 e. The molecule has 3 nitrogen and oxygen atoms in total. The van der Waals surface area contributed by atoms with Gasteiger partial charge in [-0.15, -0.1) is 0 Å². The number of rotatable bonds is 4. The van der Waals surface area contributed by atoms with Crippen molar-refractivity contribution in [1.82, 2.24) is 4.90 Å². The SMILES string of the molecule is COc1ccccc1CCN1C2CCC1CC(N)C2. The van der Waals surface area contributed by atoms with Gasteiger partial charge in [0, 0.05) is 24.7 Å². The number of benzene rings is 1. The molecular weight excluding hydrogens is 236 g/mol. The lowest BCUT2D eigenvalue weighted by Gasteiger charge is -2.37. The minimum Gasteiger partial charge on any atom is -0.496 e. The Morgan fingerprint density at radius 1 is 1.21 bits per heavy atom. The third kappa shape index (κ3) is 2.63. The van der Waals surface area contributed by atoms with E-state index >= 15 is 0 Å². The van der Waals surface area contributed by atoms with E-state index in [1.165, 1.54) is 31.2 Å². The molecule has 0 radical (unpaired) electrons. The monoisotopic (exact) mass is 260 g/mol. The van der Waals surface area contributed by atoms with Crippen LogP contribution < -0.4 is 10.5 Å². The third-order valence-corrected chi connectivity index (χ3v) is 4.75. The molecule has 1 aromatic carbocycles. The summed E-state index contributed by atoms with van der Waals surface area (Å²) in [6.45, 7) is 1.14. The van der Waals surface area contributed by atoms with Gasteiger partial charge in [-0.1, -0.05) is 18.2 Å². The van der Waals surface area contributed by atoms with E-state index in [1.807, 2.05) is 6.07 Å². The van der Waals surface area contributed by atoms with E-state index in [1.54, 1.807) is 7.11 Å². The molecule has 0 aliphatic carbocycles. The average molecular weight is 260 g/mol. The predicted octanol–water partition coefficient (Wildman–Crippen LogP) is 2.19. The summed E-state index contributed by atoms with van der Waals surface area (Å²) in [5.41, 5.74) is 7.44. The lowest BCUT2D eigenvalue weighted by molar-refractivity contribution is 0.129. The fraction of sp³-hybridized carbons (Fsp3) is 0.625. The van der Waals surface area contributed by atoms with Crippen LogP contribution in [-0.2, 0) is 6.42 Å². The number of hydrogen-bond donors (Lipinski definition) is 1. The summed E-state index contributed by atoms with van der Waals surface area (Å²) in [7, 11) is 1.75. The Bertz CT molecular complexity index is 421. The second-order valence-electron chi connectivity index (χ2n) is 5.92. The van der Waals surface area contributed by atoms with Gasteiger partial charge < -0.3 is 10.5 Å². The molecule has 2 unspecified atom stereocenters. The van der Waals surface area contributed by atoms with Crippen LogP contribution in [0.2, 0.25) is 0 Å². The Kier molecular flexibility index (Phi) is 3.76. The molecule has 3 rings (SSSR count). The van der Waals surface area contributed by atoms with E-state index in [2.05, 4.69) is 23.1 Å². The highest BCUT2D eigenvalue weighted by atomic mass is 16.5. The second-order valence-corrected chi connectivity index (χ2v) is 5.92. The topological polar surface area (TPSA) is 38.5 Å².